The zero-order valence-corrected chi connectivity index (χ0v) is 17.8. The molecule has 158 valence electrons. The van der Waals surface area contributed by atoms with Gasteiger partial charge in [0.15, 0.2) is 0 Å². The molecule has 0 N–H and O–H groups in total. The van der Waals surface area contributed by atoms with E-state index in [2.05, 4.69) is 6.07 Å². The number of hydrazone groups is 1. The first-order valence-corrected chi connectivity index (χ1v) is 10.5. The first-order chi connectivity index (χ1) is 15.7. The third-order valence-corrected chi connectivity index (χ3v) is 5.42. The predicted octanol–water partition coefficient (Wildman–Crippen LogP) is 5.39. The van der Waals surface area contributed by atoms with Crippen LogP contribution in [0.3, 0.4) is 0 Å². The minimum absolute atomic E-state index is 0.171. The van der Waals surface area contributed by atoms with Crippen LogP contribution < -0.4 is 5.01 Å². The highest BCUT2D eigenvalue weighted by Crippen LogP contribution is 2.48. The van der Waals surface area contributed by atoms with Crippen LogP contribution in [0.1, 0.15) is 24.1 Å². The van der Waals surface area contributed by atoms with E-state index >= 15 is 0 Å². The van der Waals surface area contributed by atoms with Crippen LogP contribution in [-0.4, -0.2) is 18.3 Å². The van der Waals surface area contributed by atoms with Crippen LogP contribution >= 0.6 is 0 Å². The molecule has 1 aliphatic heterocycles. The molecule has 3 aromatic rings. The van der Waals surface area contributed by atoms with Crippen LogP contribution in [0, 0.1) is 16.7 Å². The summed E-state index contributed by atoms with van der Waals surface area (Å²) < 4.78 is 5.44. The number of rotatable bonds is 6. The Kier molecular flexibility index (Phi) is 6.14. The first kappa shape index (κ1) is 21.1. The van der Waals surface area contributed by atoms with Gasteiger partial charge in [-0.05, 0) is 36.3 Å². The number of benzene rings is 3. The summed E-state index contributed by atoms with van der Waals surface area (Å²) in [4.78, 5) is 13.4. The van der Waals surface area contributed by atoms with Crippen LogP contribution in [0.25, 0.3) is 6.08 Å². The number of allylic oxidation sites excluding steroid dienone is 1. The monoisotopic (exact) mass is 421 g/mol. The van der Waals surface area contributed by atoms with Gasteiger partial charge in [0, 0.05) is 0 Å². The molecule has 0 unspecified atom stereocenters. The summed E-state index contributed by atoms with van der Waals surface area (Å²) in [7, 11) is 0. The minimum Gasteiger partial charge on any atom is -0.464 e. The highest BCUT2D eigenvalue weighted by atomic mass is 16.5. The van der Waals surface area contributed by atoms with E-state index in [1.807, 2.05) is 97.1 Å². The second-order valence-electron chi connectivity index (χ2n) is 7.36. The molecule has 3 aromatic carbocycles. The van der Waals surface area contributed by atoms with Gasteiger partial charge in [-0.15, -0.1) is 0 Å². The Balaban J connectivity index is 1.91. The van der Waals surface area contributed by atoms with Crippen molar-refractivity contribution in [3.05, 3.63) is 108 Å². The summed E-state index contributed by atoms with van der Waals surface area (Å²) in [6.45, 7) is 1.91. The molecule has 1 aliphatic rings. The number of para-hydroxylation sites is 1. The molecule has 0 saturated carbocycles. The van der Waals surface area contributed by atoms with E-state index in [1.165, 1.54) is 0 Å². The Morgan fingerprint density at radius 3 is 2.19 bits per heavy atom. The molecule has 0 bridgehead atoms. The van der Waals surface area contributed by atoms with Crippen LogP contribution in [-0.2, 0) is 9.53 Å². The number of nitrogens with zero attached hydrogens (tertiary/aromatic N) is 3. The molecule has 0 saturated heterocycles. The molecule has 0 amide bonds. The zero-order valence-electron chi connectivity index (χ0n) is 17.8. The topological polar surface area (TPSA) is 65.7 Å². The maximum atomic E-state index is 13.4. The van der Waals surface area contributed by atoms with Crippen molar-refractivity contribution in [3.8, 4) is 6.07 Å². The van der Waals surface area contributed by atoms with Crippen LogP contribution in [0.5, 0.6) is 0 Å². The quantitative estimate of drug-likeness (QED) is 0.501. The van der Waals surface area contributed by atoms with Crippen molar-refractivity contribution >= 4 is 23.4 Å². The fourth-order valence-electron chi connectivity index (χ4n) is 3.92. The fraction of sp³-hybridized carbons (Fsp3) is 0.148. The van der Waals surface area contributed by atoms with Gasteiger partial charge in [-0.25, -0.2) is 4.79 Å². The lowest BCUT2D eigenvalue weighted by molar-refractivity contribution is -0.149. The molecule has 0 radical (unpaired) electrons. The second kappa shape index (κ2) is 9.32. The molecular formula is C27H23N3O2. The van der Waals surface area contributed by atoms with Gasteiger partial charge in [-0.3, -0.25) is 5.01 Å². The van der Waals surface area contributed by atoms with Gasteiger partial charge in [-0.2, -0.15) is 10.4 Å². The SMILES string of the molecule is CCOC(=O)[C@]1(C#N)C(/C=C\c2ccccc2)=NN(c2ccccc2)[C@@H]1c1ccccc1. The third-order valence-electron chi connectivity index (χ3n) is 5.42. The van der Waals surface area contributed by atoms with Crippen molar-refractivity contribution in [1.82, 2.24) is 0 Å². The molecule has 0 aromatic heterocycles. The van der Waals surface area contributed by atoms with Crippen molar-refractivity contribution in [2.24, 2.45) is 10.5 Å². The van der Waals surface area contributed by atoms with Crippen LogP contribution in [0.4, 0.5) is 5.69 Å². The number of hydrogen-bond acceptors (Lipinski definition) is 5. The van der Waals surface area contributed by atoms with E-state index in [1.54, 1.807) is 18.0 Å². The molecule has 5 nitrogen and oxygen atoms in total. The third kappa shape index (κ3) is 3.79. The normalized spacial score (nSPS) is 20.1. The van der Waals surface area contributed by atoms with Crippen molar-refractivity contribution in [2.45, 2.75) is 13.0 Å². The van der Waals surface area contributed by atoms with Crippen molar-refractivity contribution in [2.75, 3.05) is 11.6 Å². The molecule has 4 rings (SSSR count). The molecule has 0 aliphatic carbocycles. The molecule has 1 heterocycles. The maximum Gasteiger partial charge on any atom is 0.335 e. The first-order valence-electron chi connectivity index (χ1n) is 10.5. The molecule has 0 spiro atoms. The number of esters is 1. The van der Waals surface area contributed by atoms with E-state index in [0.29, 0.717) is 5.71 Å². The van der Waals surface area contributed by atoms with E-state index in [0.717, 1.165) is 16.8 Å². The van der Waals surface area contributed by atoms with Gasteiger partial charge in [0.25, 0.3) is 0 Å². The summed E-state index contributed by atoms with van der Waals surface area (Å²) in [5, 5.41) is 17.0. The molecule has 32 heavy (non-hydrogen) atoms. The Morgan fingerprint density at radius 1 is 1.00 bits per heavy atom. The molecular weight excluding hydrogens is 398 g/mol. The summed E-state index contributed by atoms with van der Waals surface area (Å²) in [5.74, 6) is -0.605. The number of hydrogen-bond donors (Lipinski definition) is 0. The largest absolute Gasteiger partial charge is 0.464 e. The number of carbonyl (C=O) groups is 1. The summed E-state index contributed by atoms with van der Waals surface area (Å²) in [6, 6.07) is 30.4. The molecule has 5 heteroatoms. The van der Waals surface area contributed by atoms with E-state index < -0.39 is 17.4 Å². The Hall–Kier alpha value is -4.17. The van der Waals surface area contributed by atoms with Gasteiger partial charge in [0.2, 0.25) is 5.41 Å². The molecule has 2 atom stereocenters. The number of nitriles is 1. The average Bonchev–Trinajstić information content (AvgIpc) is 3.20. The van der Waals surface area contributed by atoms with Crippen molar-refractivity contribution in [1.29, 1.82) is 5.26 Å². The second-order valence-corrected chi connectivity index (χ2v) is 7.36. The fourth-order valence-corrected chi connectivity index (χ4v) is 3.92. The number of ether oxygens (including phenoxy) is 1. The van der Waals surface area contributed by atoms with E-state index in [9.17, 15) is 10.1 Å². The van der Waals surface area contributed by atoms with Crippen LogP contribution in [0.15, 0.2) is 102 Å². The standard InChI is InChI=1S/C27H23N3O2/c1-2-32-26(31)27(20-28)24(19-18-21-12-6-3-7-13-21)29-30(23-16-10-5-11-17-23)25(27)22-14-8-4-9-15-22/h3-19,25H,2H2,1H3/b19-18-/t25-,27-/m1/s1. The van der Waals surface area contributed by atoms with Gasteiger partial charge in [0.05, 0.1) is 24.1 Å². The smallest absolute Gasteiger partial charge is 0.335 e. The van der Waals surface area contributed by atoms with Gasteiger partial charge in [-0.1, -0.05) is 84.9 Å². The number of anilines is 1. The van der Waals surface area contributed by atoms with E-state index in [4.69, 9.17) is 9.84 Å². The highest BCUT2D eigenvalue weighted by Gasteiger charge is 2.59. The van der Waals surface area contributed by atoms with Gasteiger partial charge >= 0.3 is 5.97 Å². The average molecular weight is 422 g/mol. The predicted molar refractivity (Wildman–Crippen MR) is 126 cm³/mol. The minimum atomic E-state index is -1.63. The molecule has 0 fully saturated rings. The van der Waals surface area contributed by atoms with Gasteiger partial charge < -0.3 is 4.74 Å². The van der Waals surface area contributed by atoms with Gasteiger partial charge in [0.1, 0.15) is 6.04 Å². The van der Waals surface area contributed by atoms with Crippen molar-refractivity contribution in [3.63, 3.8) is 0 Å². The van der Waals surface area contributed by atoms with E-state index in [-0.39, 0.29) is 6.61 Å². The van der Waals surface area contributed by atoms with Crippen LogP contribution in [0.2, 0.25) is 0 Å². The lowest BCUT2D eigenvalue weighted by atomic mass is 9.74. The number of carbonyl (C=O) groups excluding carboxylic acids is 1. The maximum absolute atomic E-state index is 13.4. The Morgan fingerprint density at radius 2 is 1.59 bits per heavy atom. The lowest BCUT2D eigenvalue weighted by Crippen LogP contribution is -2.44. The highest BCUT2D eigenvalue weighted by molar-refractivity contribution is 6.19. The Labute approximate surface area is 187 Å². The lowest BCUT2D eigenvalue weighted by Gasteiger charge is -2.32. The zero-order chi connectivity index (χ0) is 22.4. The summed E-state index contributed by atoms with van der Waals surface area (Å²) in [5.41, 5.74) is 1.25. The summed E-state index contributed by atoms with van der Waals surface area (Å²) >= 11 is 0. The van der Waals surface area contributed by atoms with Crippen molar-refractivity contribution < 1.29 is 9.53 Å². The Bertz CT molecular complexity index is 1170. The summed E-state index contributed by atoms with van der Waals surface area (Å²) in [6.07, 6.45) is 3.61.